The Morgan fingerprint density at radius 3 is 3.00 bits per heavy atom. The molecule has 1 aliphatic heterocycles. The van der Waals surface area contributed by atoms with Crippen molar-refractivity contribution in [1.82, 2.24) is 4.90 Å². The molecule has 0 N–H and O–H groups in total. The van der Waals surface area contributed by atoms with E-state index in [0.717, 1.165) is 13.1 Å². The summed E-state index contributed by atoms with van der Waals surface area (Å²) in [5.74, 6) is -0.216. The topological polar surface area (TPSA) is 29.5 Å². The highest BCUT2D eigenvalue weighted by molar-refractivity contribution is 5.65. The van der Waals surface area contributed by atoms with Gasteiger partial charge in [-0.05, 0) is 12.3 Å². The van der Waals surface area contributed by atoms with Crippen molar-refractivity contribution in [3.8, 4) is 0 Å². The van der Waals surface area contributed by atoms with Crippen molar-refractivity contribution in [2.75, 3.05) is 19.7 Å². The summed E-state index contributed by atoms with van der Waals surface area (Å²) in [7, 11) is 0. The first-order valence-corrected chi connectivity index (χ1v) is 4.00. The zero-order valence-electron chi connectivity index (χ0n) is 7.19. The molecule has 3 heteroatoms. The molecule has 3 nitrogen and oxygen atoms in total. The summed E-state index contributed by atoms with van der Waals surface area (Å²) >= 11 is 0. The van der Waals surface area contributed by atoms with Gasteiger partial charge in [0.15, 0.2) is 0 Å². The number of carbonyl (C=O) groups is 1. The highest BCUT2D eigenvalue weighted by Gasteiger charge is 1.99. The Kier molecular flexibility index (Phi) is 3.38. The van der Waals surface area contributed by atoms with Gasteiger partial charge in [0.25, 0.3) is 0 Å². The van der Waals surface area contributed by atoms with Crippen molar-refractivity contribution < 1.29 is 9.53 Å². The molecule has 0 spiro atoms. The molecule has 1 heterocycles. The van der Waals surface area contributed by atoms with Gasteiger partial charge in [0, 0.05) is 13.5 Å². The van der Waals surface area contributed by atoms with Gasteiger partial charge in [-0.1, -0.05) is 12.2 Å². The fourth-order valence-electron chi connectivity index (χ4n) is 0.980. The summed E-state index contributed by atoms with van der Waals surface area (Å²) in [6, 6.07) is 0. The minimum absolute atomic E-state index is 0.216. The van der Waals surface area contributed by atoms with Gasteiger partial charge in [0.2, 0.25) is 0 Å². The third kappa shape index (κ3) is 3.23. The molecule has 12 heavy (non-hydrogen) atoms. The molecule has 0 aliphatic carbocycles. The van der Waals surface area contributed by atoms with E-state index in [2.05, 4.69) is 11.0 Å². The third-order valence-electron chi connectivity index (χ3n) is 1.57. The van der Waals surface area contributed by atoms with Gasteiger partial charge in [-0.3, -0.25) is 4.79 Å². The molecule has 0 aromatic rings. The molecule has 0 saturated carbocycles. The van der Waals surface area contributed by atoms with Crippen molar-refractivity contribution >= 4 is 5.97 Å². The Labute approximate surface area is 72.3 Å². The third-order valence-corrected chi connectivity index (χ3v) is 1.57. The molecule has 0 unspecified atom stereocenters. The maximum absolute atomic E-state index is 10.4. The monoisotopic (exact) mass is 167 g/mol. The van der Waals surface area contributed by atoms with E-state index in [1.807, 2.05) is 18.4 Å². The first-order chi connectivity index (χ1) is 5.79. The van der Waals surface area contributed by atoms with Crippen LogP contribution >= 0.6 is 0 Å². The predicted molar refractivity (Wildman–Crippen MR) is 46.5 cm³/mol. The van der Waals surface area contributed by atoms with Crippen LogP contribution in [0.5, 0.6) is 0 Å². The number of allylic oxidation sites excluding steroid dienone is 2. The van der Waals surface area contributed by atoms with Gasteiger partial charge < -0.3 is 9.64 Å². The molecule has 0 fully saturated rings. The van der Waals surface area contributed by atoms with E-state index in [1.54, 1.807) is 0 Å². The van der Waals surface area contributed by atoms with Crippen LogP contribution in [0.2, 0.25) is 0 Å². The van der Waals surface area contributed by atoms with E-state index in [-0.39, 0.29) is 5.97 Å². The molecular formula is C9H13NO2. The van der Waals surface area contributed by atoms with E-state index >= 15 is 0 Å². The smallest absolute Gasteiger partial charge is 0.302 e. The van der Waals surface area contributed by atoms with Crippen LogP contribution in [0.1, 0.15) is 6.92 Å². The van der Waals surface area contributed by atoms with Crippen LogP contribution in [-0.2, 0) is 9.53 Å². The van der Waals surface area contributed by atoms with Gasteiger partial charge in [0.1, 0.15) is 6.61 Å². The SMILES string of the molecule is CC(=O)OCCN1C=CC=CC1. The lowest BCUT2D eigenvalue weighted by molar-refractivity contribution is -0.141. The Morgan fingerprint density at radius 1 is 1.58 bits per heavy atom. The van der Waals surface area contributed by atoms with Crippen molar-refractivity contribution in [1.29, 1.82) is 0 Å². The molecule has 0 radical (unpaired) electrons. The van der Waals surface area contributed by atoms with Crippen LogP contribution in [-0.4, -0.2) is 30.6 Å². The quantitative estimate of drug-likeness (QED) is 0.586. The van der Waals surface area contributed by atoms with Gasteiger partial charge in [0.05, 0.1) is 6.54 Å². The van der Waals surface area contributed by atoms with Gasteiger partial charge in [-0.15, -0.1) is 0 Å². The maximum Gasteiger partial charge on any atom is 0.302 e. The number of esters is 1. The Hall–Kier alpha value is -1.25. The highest BCUT2D eigenvalue weighted by Crippen LogP contribution is 1.97. The van der Waals surface area contributed by atoms with Crippen LogP contribution < -0.4 is 0 Å². The number of carbonyl (C=O) groups excluding carboxylic acids is 1. The Balaban J connectivity index is 2.11. The van der Waals surface area contributed by atoms with Crippen LogP contribution in [0.15, 0.2) is 24.4 Å². The summed E-state index contributed by atoms with van der Waals surface area (Å²) in [5.41, 5.74) is 0. The fourth-order valence-corrected chi connectivity index (χ4v) is 0.980. The lowest BCUT2D eigenvalue weighted by Gasteiger charge is -2.19. The number of nitrogens with zero attached hydrogens (tertiary/aromatic N) is 1. The minimum atomic E-state index is -0.216. The summed E-state index contributed by atoms with van der Waals surface area (Å²) in [6.45, 7) is 3.55. The second-order valence-electron chi connectivity index (χ2n) is 2.60. The molecule has 66 valence electrons. The standard InChI is InChI=1S/C9H13NO2/c1-9(11)12-8-7-10-5-3-2-4-6-10/h2-5H,6-8H2,1H3. The van der Waals surface area contributed by atoms with E-state index in [4.69, 9.17) is 4.74 Å². The second-order valence-corrected chi connectivity index (χ2v) is 2.60. The van der Waals surface area contributed by atoms with Crippen LogP contribution in [0.4, 0.5) is 0 Å². The normalized spacial score (nSPS) is 14.9. The largest absolute Gasteiger partial charge is 0.464 e. The van der Waals surface area contributed by atoms with Gasteiger partial charge in [-0.2, -0.15) is 0 Å². The minimum Gasteiger partial charge on any atom is -0.464 e. The lowest BCUT2D eigenvalue weighted by Crippen LogP contribution is -2.24. The number of hydrogen-bond donors (Lipinski definition) is 0. The first-order valence-electron chi connectivity index (χ1n) is 4.00. The molecule has 0 aromatic heterocycles. The van der Waals surface area contributed by atoms with Gasteiger partial charge >= 0.3 is 5.97 Å². The number of ether oxygens (including phenoxy) is 1. The van der Waals surface area contributed by atoms with Crippen molar-refractivity contribution in [2.24, 2.45) is 0 Å². The molecular weight excluding hydrogens is 154 g/mol. The van der Waals surface area contributed by atoms with Crippen molar-refractivity contribution in [3.63, 3.8) is 0 Å². The Bertz CT molecular complexity index is 209. The maximum atomic E-state index is 10.4. The van der Waals surface area contributed by atoms with Crippen LogP contribution in [0, 0.1) is 0 Å². The summed E-state index contributed by atoms with van der Waals surface area (Å²) in [5, 5.41) is 0. The first kappa shape index (κ1) is 8.84. The zero-order valence-corrected chi connectivity index (χ0v) is 7.19. The fraction of sp³-hybridized carbons (Fsp3) is 0.444. The van der Waals surface area contributed by atoms with E-state index < -0.39 is 0 Å². The summed E-state index contributed by atoms with van der Waals surface area (Å²) in [6.07, 6.45) is 8.02. The van der Waals surface area contributed by atoms with Crippen molar-refractivity contribution in [3.05, 3.63) is 24.4 Å². The number of hydrogen-bond acceptors (Lipinski definition) is 3. The molecule has 1 aliphatic rings. The summed E-state index contributed by atoms with van der Waals surface area (Å²) < 4.78 is 4.81. The van der Waals surface area contributed by atoms with E-state index in [0.29, 0.717) is 6.61 Å². The predicted octanol–water partition coefficient (Wildman–Crippen LogP) is 0.935. The second kappa shape index (κ2) is 4.59. The average molecular weight is 167 g/mol. The van der Waals surface area contributed by atoms with Crippen LogP contribution in [0.25, 0.3) is 0 Å². The summed E-state index contributed by atoms with van der Waals surface area (Å²) in [4.78, 5) is 12.5. The zero-order chi connectivity index (χ0) is 8.81. The highest BCUT2D eigenvalue weighted by atomic mass is 16.5. The molecule has 0 aromatic carbocycles. The van der Waals surface area contributed by atoms with E-state index in [9.17, 15) is 4.79 Å². The van der Waals surface area contributed by atoms with Crippen LogP contribution in [0.3, 0.4) is 0 Å². The molecule has 0 amide bonds. The molecule has 0 atom stereocenters. The van der Waals surface area contributed by atoms with Gasteiger partial charge in [-0.25, -0.2) is 0 Å². The van der Waals surface area contributed by atoms with E-state index in [1.165, 1.54) is 6.92 Å². The molecule has 1 rings (SSSR count). The molecule has 0 bridgehead atoms. The van der Waals surface area contributed by atoms with Crippen molar-refractivity contribution in [2.45, 2.75) is 6.92 Å². The lowest BCUT2D eigenvalue weighted by atomic mass is 10.3. The average Bonchev–Trinajstić information content (AvgIpc) is 2.05. The Morgan fingerprint density at radius 2 is 2.42 bits per heavy atom. The molecule has 0 saturated heterocycles. The number of rotatable bonds is 3.